The van der Waals surface area contributed by atoms with E-state index in [4.69, 9.17) is 9.84 Å². The number of ether oxygens (including phenoxy) is 1. The van der Waals surface area contributed by atoms with Gasteiger partial charge in [-0.3, -0.25) is 5.32 Å². The number of rotatable bonds is 3. The zero-order valence-electron chi connectivity index (χ0n) is 10.7. The number of carbonyl (C=O) groups is 1. The van der Waals surface area contributed by atoms with Gasteiger partial charge in [0.25, 0.3) is 0 Å². The third-order valence-corrected chi connectivity index (χ3v) is 2.41. The van der Waals surface area contributed by atoms with Crippen LogP contribution in [-0.4, -0.2) is 28.4 Å². The van der Waals surface area contributed by atoms with Gasteiger partial charge in [-0.25, -0.2) is 9.78 Å². The van der Waals surface area contributed by atoms with E-state index in [1.165, 1.54) is 6.20 Å². The third-order valence-electron chi connectivity index (χ3n) is 1.97. The van der Waals surface area contributed by atoms with Crippen LogP contribution >= 0.6 is 15.9 Å². The molecular weight excluding hydrogens is 300 g/mol. The lowest BCUT2D eigenvalue weighted by molar-refractivity contribution is 0.0635. The second-order valence-electron chi connectivity index (χ2n) is 4.76. The maximum absolute atomic E-state index is 11.6. The summed E-state index contributed by atoms with van der Waals surface area (Å²) in [6, 6.07) is 1.75. The maximum Gasteiger partial charge on any atom is 0.412 e. The van der Waals surface area contributed by atoms with Crippen molar-refractivity contribution < 1.29 is 14.6 Å². The summed E-state index contributed by atoms with van der Waals surface area (Å²) in [5.41, 5.74) is 0.788. The van der Waals surface area contributed by atoms with Gasteiger partial charge in [0, 0.05) is 6.61 Å². The number of aromatic nitrogens is 1. The van der Waals surface area contributed by atoms with Crippen LogP contribution in [0.4, 0.5) is 10.5 Å². The number of nitrogens with one attached hydrogen (secondary N) is 1. The van der Waals surface area contributed by atoms with Crippen LogP contribution in [0.2, 0.25) is 0 Å². The summed E-state index contributed by atoms with van der Waals surface area (Å²) in [5, 5.41) is 11.6. The van der Waals surface area contributed by atoms with Gasteiger partial charge in [0.15, 0.2) is 0 Å². The SMILES string of the molecule is CC(C)(C)OC(=O)Nc1cnc(Br)cc1CCO. The smallest absolute Gasteiger partial charge is 0.412 e. The Kier molecular flexibility index (Phi) is 5.10. The Morgan fingerprint density at radius 3 is 2.78 bits per heavy atom. The number of hydrogen-bond acceptors (Lipinski definition) is 4. The summed E-state index contributed by atoms with van der Waals surface area (Å²) in [6.45, 7) is 5.38. The summed E-state index contributed by atoms with van der Waals surface area (Å²) >= 11 is 3.24. The van der Waals surface area contributed by atoms with Crippen LogP contribution in [0.1, 0.15) is 26.3 Å². The molecule has 0 radical (unpaired) electrons. The minimum Gasteiger partial charge on any atom is -0.444 e. The fourth-order valence-electron chi connectivity index (χ4n) is 1.32. The molecule has 1 aromatic heterocycles. The van der Waals surface area contributed by atoms with Gasteiger partial charge in [-0.05, 0) is 54.8 Å². The Bertz CT molecular complexity index is 430. The Hall–Kier alpha value is -1.14. The molecule has 1 heterocycles. The Morgan fingerprint density at radius 1 is 1.56 bits per heavy atom. The maximum atomic E-state index is 11.6. The van der Waals surface area contributed by atoms with E-state index in [0.29, 0.717) is 16.7 Å². The molecule has 0 saturated carbocycles. The van der Waals surface area contributed by atoms with Crippen molar-refractivity contribution in [2.75, 3.05) is 11.9 Å². The second kappa shape index (κ2) is 6.15. The first-order valence-corrected chi connectivity index (χ1v) is 6.36. The van der Waals surface area contributed by atoms with Gasteiger partial charge in [-0.15, -0.1) is 0 Å². The zero-order chi connectivity index (χ0) is 13.8. The number of carbonyl (C=O) groups excluding carboxylic acids is 1. The summed E-state index contributed by atoms with van der Waals surface area (Å²) in [6.07, 6.45) is 1.43. The number of aliphatic hydroxyl groups excluding tert-OH is 1. The number of halogens is 1. The molecule has 0 unspecified atom stereocenters. The number of anilines is 1. The van der Waals surface area contributed by atoms with Crippen LogP contribution in [0.3, 0.4) is 0 Å². The molecule has 1 aromatic rings. The summed E-state index contributed by atoms with van der Waals surface area (Å²) < 4.78 is 5.81. The summed E-state index contributed by atoms with van der Waals surface area (Å²) in [4.78, 5) is 15.7. The predicted octanol–water partition coefficient (Wildman–Crippen LogP) is 2.73. The van der Waals surface area contributed by atoms with Gasteiger partial charge in [0.05, 0.1) is 11.9 Å². The molecule has 0 fully saturated rings. The molecule has 0 aliphatic rings. The van der Waals surface area contributed by atoms with E-state index >= 15 is 0 Å². The summed E-state index contributed by atoms with van der Waals surface area (Å²) in [7, 11) is 0. The molecule has 1 amide bonds. The Balaban J connectivity index is 2.80. The van der Waals surface area contributed by atoms with Crippen molar-refractivity contribution >= 4 is 27.7 Å². The largest absolute Gasteiger partial charge is 0.444 e. The highest BCUT2D eigenvalue weighted by molar-refractivity contribution is 9.10. The molecule has 0 atom stereocenters. The average molecular weight is 317 g/mol. The van der Waals surface area contributed by atoms with Crippen LogP contribution in [-0.2, 0) is 11.2 Å². The first-order valence-electron chi connectivity index (χ1n) is 5.57. The monoisotopic (exact) mass is 316 g/mol. The molecule has 6 heteroatoms. The number of amides is 1. The normalized spacial score (nSPS) is 11.2. The van der Waals surface area contributed by atoms with Crippen LogP contribution in [0.15, 0.2) is 16.9 Å². The molecule has 0 aromatic carbocycles. The Morgan fingerprint density at radius 2 is 2.22 bits per heavy atom. The van der Waals surface area contributed by atoms with Gasteiger partial charge in [0.1, 0.15) is 10.2 Å². The van der Waals surface area contributed by atoms with Crippen LogP contribution in [0, 0.1) is 0 Å². The molecule has 0 spiro atoms. The molecule has 2 N–H and O–H groups in total. The van der Waals surface area contributed by atoms with Crippen molar-refractivity contribution in [3.8, 4) is 0 Å². The van der Waals surface area contributed by atoms with Crippen molar-refractivity contribution in [3.05, 3.63) is 22.4 Å². The van der Waals surface area contributed by atoms with Gasteiger partial charge in [0.2, 0.25) is 0 Å². The van der Waals surface area contributed by atoms with Gasteiger partial charge >= 0.3 is 6.09 Å². The number of pyridine rings is 1. The first-order chi connectivity index (χ1) is 8.31. The van der Waals surface area contributed by atoms with Crippen molar-refractivity contribution in [2.45, 2.75) is 32.8 Å². The number of hydrogen-bond donors (Lipinski definition) is 2. The van der Waals surface area contributed by atoms with Crippen LogP contribution in [0.5, 0.6) is 0 Å². The molecule has 0 aliphatic heterocycles. The van der Waals surface area contributed by atoms with E-state index in [-0.39, 0.29) is 6.61 Å². The van der Waals surface area contributed by atoms with Crippen molar-refractivity contribution in [1.29, 1.82) is 0 Å². The van der Waals surface area contributed by atoms with Crippen LogP contribution in [0.25, 0.3) is 0 Å². The first kappa shape index (κ1) is 14.9. The van der Waals surface area contributed by atoms with Gasteiger partial charge < -0.3 is 9.84 Å². The Labute approximate surface area is 115 Å². The fraction of sp³-hybridized carbons (Fsp3) is 0.500. The molecule has 18 heavy (non-hydrogen) atoms. The van der Waals surface area contributed by atoms with E-state index in [0.717, 1.165) is 5.56 Å². The quantitative estimate of drug-likeness (QED) is 0.841. The van der Waals surface area contributed by atoms with E-state index in [9.17, 15) is 4.79 Å². The summed E-state index contributed by atoms with van der Waals surface area (Å²) in [5.74, 6) is 0. The van der Waals surface area contributed by atoms with Crippen LogP contribution < -0.4 is 5.32 Å². The highest BCUT2D eigenvalue weighted by atomic mass is 79.9. The minimum atomic E-state index is -0.552. The van der Waals surface area contributed by atoms with E-state index in [1.807, 2.05) is 0 Å². The van der Waals surface area contributed by atoms with E-state index < -0.39 is 11.7 Å². The van der Waals surface area contributed by atoms with Crippen molar-refractivity contribution in [2.24, 2.45) is 0 Å². The zero-order valence-corrected chi connectivity index (χ0v) is 12.2. The fourth-order valence-corrected chi connectivity index (χ4v) is 1.70. The lowest BCUT2D eigenvalue weighted by Gasteiger charge is -2.20. The molecule has 1 rings (SSSR count). The third kappa shape index (κ3) is 5.01. The standard InChI is InChI=1S/C12H17BrN2O3/c1-12(2,3)18-11(17)15-9-7-14-10(13)6-8(9)4-5-16/h6-7,16H,4-5H2,1-3H3,(H,15,17). The molecule has 0 bridgehead atoms. The van der Waals surface area contributed by atoms with Gasteiger partial charge in [-0.1, -0.05) is 0 Å². The molecule has 0 saturated heterocycles. The molecule has 0 aliphatic carbocycles. The lowest BCUT2D eigenvalue weighted by Crippen LogP contribution is -2.27. The molecule has 100 valence electrons. The highest BCUT2D eigenvalue weighted by Crippen LogP contribution is 2.20. The second-order valence-corrected chi connectivity index (χ2v) is 5.58. The average Bonchev–Trinajstić information content (AvgIpc) is 2.20. The van der Waals surface area contributed by atoms with Gasteiger partial charge in [-0.2, -0.15) is 0 Å². The van der Waals surface area contributed by atoms with E-state index in [2.05, 4.69) is 26.2 Å². The molecular formula is C12H17BrN2O3. The lowest BCUT2D eigenvalue weighted by atomic mass is 10.1. The molecule has 5 nitrogen and oxygen atoms in total. The number of nitrogens with zero attached hydrogens (tertiary/aromatic N) is 1. The minimum absolute atomic E-state index is 0.000544. The van der Waals surface area contributed by atoms with Crippen molar-refractivity contribution in [3.63, 3.8) is 0 Å². The van der Waals surface area contributed by atoms with E-state index in [1.54, 1.807) is 26.8 Å². The van der Waals surface area contributed by atoms with Crippen molar-refractivity contribution in [1.82, 2.24) is 4.98 Å². The highest BCUT2D eigenvalue weighted by Gasteiger charge is 2.17. The predicted molar refractivity (Wildman–Crippen MR) is 72.6 cm³/mol. The topological polar surface area (TPSA) is 71.5 Å². The number of aliphatic hydroxyl groups is 1.